The van der Waals surface area contributed by atoms with Crippen LogP contribution in [0.4, 0.5) is 23.2 Å². The quantitative estimate of drug-likeness (QED) is 0.679. The molecule has 0 radical (unpaired) electrons. The van der Waals surface area contributed by atoms with Crippen LogP contribution in [0.5, 0.6) is 11.5 Å². The SMILES string of the molecule is Cl.NC[C@H]1CC[C@@H](C(=O)Nc2ccc(Oc3ccccc3C(F)(F)F)c(F)c2)O1. The van der Waals surface area contributed by atoms with Gasteiger partial charge in [0.15, 0.2) is 11.6 Å². The number of alkyl halides is 3. The number of benzene rings is 2. The second-order valence-corrected chi connectivity index (χ2v) is 6.29. The lowest BCUT2D eigenvalue weighted by Gasteiger charge is -2.15. The summed E-state index contributed by atoms with van der Waals surface area (Å²) in [5.74, 6) is -2.26. The molecule has 1 amide bonds. The minimum Gasteiger partial charge on any atom is -0.454 e. The molecule has 1 saturated heterocycles. The van der Waals surface area contributed by atoms with Crippen LogP contribution >= 0.6 is 12.4 Å². The van der Waals surface area contributed by atoms with E-state index < -0.39 is 41.1 Å². The molecule has 1 aliphatic heterocycles. The molecule has 158 valence electrons. The van der Waals surface area contributed by atoms with Crippen LogP contribution in [-0.4, -0.2) is 24.7 Å². The van der Waals surface area contributed by atoms with Crippen LogP contribution in [0.1, 0.15) is 18.4 Å². The van der Waals surface area contributed by atoms with Gasteiger partial charge in [0.05, 0.1) is 11.7 Å². The van der Waals surface area contributed by atoms with Gasteiger partial charge in [0, 0.05) is 18.3 Å². The van der Waals surface area contributed by atoms with E-state index in [-0.39, 0.29) is 24.2 Å². The first kappa shape index (κ1) is 22.9. The van der Waals surface area contributed by atoms with Gasteiger partial charge in [-0.15, -0.1) is 12.4 Å². The lowest BCUT2D eigenvalue weighted by Crippen LogP contribution is -2.29. The van der Waals surface area contributed by atoms with Crippen molar-refractivity contribution in [3.63, 3.8) is 0 Å². The van der Waals surface area contributed by atoms with Crippen LogP contribution < -0.4 is 15.8 Å². The molecule has 1 aliphatic rings. The number of hydrogen-bond donors (Lipinski definition) is 2. The predicted molar refractivity (Wildman–Crippen MR) is 101 cm³/mol. The van der Waals surface area contributed by atoms with Gasteiger partial charge in [0.25, 0.3) is 5.91 Å². The fraction of sp³-hybridized carbons (Fsp3) is 0.316. The zero-order valence-electron chi connectivity index (χ0n) is 15.0. The second kappa shape index (κ2) is 9.43. The maximum absolute atomic E-state index is 14.3. The minimum absolute atomic E-state index is 0. The van der Waals surface area contributed by atoms with Gasteiger partial charge in [-0.2, -0.15) is 13.2 Å². The molecule has 0 saturated carbocycles. The van der Waals surface area contributed by atoms with E-state index in [0.29, 0.717) is 19.4 Å². The van der Waals surface area contributed by atoms with Gasteiger partial charge in [-0.3, -0.25) is 4.79 Å². The summed E-state index contributed by atoms with van der Waals surface area (Å²) in [6.45, 7) is 0.309. The average molecular weight is 435 g/mol. The lowest BCUT2D eigenvalue weighted by atomic mass is 10.2. The molecule has 3 rings (SSSR count). The Morgan fingerprint density at radius 2 is 1.90 bits per heavy atom. The number of rotatable bonds is 5. The van der Waals surface area contributed by atoms with Crippen molar-refractivity contribution >= 4 is 24.0 Å². The van der Waals surface area contributed by atoms with Crippen LogP contribution in [0, 0.1) is 5.82 Å². The molecule has 0 aliphatic carbocycles. The summed E-state index contributed by atoms with van der Waals surface area (Å²) in [5, 5.41) is 2.52. The number of carbonyl (C=O) groups is 1. The first-order chi connectivity index (χ1) is 13.3. The molecular formula is C19H19ClF4N2O3. The van der Waals surface area contributed by atoms with Crippen LogP contribution in [-0.2, 0) is 15.7 Å². The Bertz CT molecular complexity index is 864. The molecule has 2 aromatic carbocycles. The summed E-state index contributed by atoms with van der Waals surface area (Å²) < 4.78 is 63.9. The summed E-state index contributed by atoms with van der Waals surface area (Å²) >= 11 is 0. The van der Waals surface area contributed by atoms with Crippen molar-refractivity contribution in [2.45, 2.75) is 31.2 Å². The lowest BCUT2D eigenvalue weighted by molar-refractivity contribution is -0.138. The molecule has 2 aromatic rings. The summed E-state index contributed by atoms with van der Waals surface area (Å²) in [4.78, 5) is 12.2. The summed E-state index contributed by atoms with van der Waals surface area (Å²) in [5.41, 5.74) is 4.62. The number of nitrogens with one attached hydrogen (secondary N) is 1. The van der Waals surface area contributed by atoms with E-state index in [4.69, 9.17) is 15.2 Å². The van der Waals surface area contributed by atoms with Gasteiger partial charge in [0.2, 0.25) is 0 Å². The van der Waals surface area contributed by atoms with Crippen molar-refractivity contribution in [1.29, 1.82) is 0 Å². The Labute approximate surface area is 170 Å². The molecule has 10 heteroatoms. The van der Waals surface area contributed by atoms with E-state index in [9.17, 15) is 22.4 Å². The van der Waals surface area contributed by atoms with Crippen LogP contribution in [0.15, 0.2) is 42.5 Å². The number of para-hydroxylation sites is 1. The Morgan fingerprint density at radius 3 is 2.52 bits per heavy atom. The van der Waals surface area contributed by atoms with E-state index in [1.165, 1.54) is 18.2 Å². The molecule has 0 bridgehead atoms. The zero-order valence-corrected chi connectivity index (χ0v) is 15.9. The third-order valence-electron chi connectivity index (χ3n) is 4.27. The first-order valence-corrected chi connectivity index (χ1v) is 8.58. The third-order valence-corrected chi connectivity index (χ3v) is 4.27. The second-order valence-electron chi connectivity index (χ2n) is 6.29. The highest BCUT2D eigenvalue weighted by atomic mass is 35.5. The highest BCUT2D eigenvalue weighted by Gasteiger charge is 2.34. The molecule has 29 heavy (non-hydrogen) atoms. The summed E-state index contributed by atoms with van der Waals surface area (Å²) in [6.07, 6.45) is -4.33. The Balaban J connectivity index is 0.00000300. The third kappa shape index (κ3) is 5.59. The van der Waals surface area contributed by atoms with E-state index >= 15 is 0 Å². The molecule has 0 unspecified atom stereocenters. The van der Waals surface area contributed by atoms with Gasteiger partial charge in [-0.1, -0.05) is 12.1 Å². The smallest absolute Gasteiger partial charge is 0.419 e. The molecule has 3 N–H and O–H groups in total. The Kier molecular flexibility index (Phi) is 7.45. The number of ether oxygens (including phenoxy) is 2. The van der Waals surface area contributed by atoms with Crippen LogP contribution in [0.25, 0.3) is 0 Å². The monoisotopic (exact) mass is 434 g/mol. The maximum Gasteiger partial charge on any atom is 0.419 e. The fourth-order valence-electron chi connectivity index (χ4n) is 2.86. The Hall–Kier alpha value is -2.36. The topological polar surface area (TPSA) is 73.6 Å². The molecule has 0 aromatic heterocycles. The van der Waals surface area contributed by atoms with Crippen molar-refractivity contribution in [1.82, 2.24) is 0 Å². The van der Waals surface area contributed by atoms with Crippen LogP contribution in [0.2, 0.25) is 0 Å². The number of hydrogen-bond acceptors (Lipinski definition) is 4. The van der Waals surface area contributed by atoms with E-state index in [1.807, 2.05) is 0 Å². The van der Waals surface area contributed by atoms with Gasteiger partial charge in [0.1, 0.15) is 11.9 Å². The molecule has 5 nitrogen and oxygen atoms in total. The maximum atomic E-state index is 14.3. The fourth-order valence-corrected chi connectivity index (χ4v) is 2.86. The number of carbonyl (C=O) groups excluding carboxylic acids is 1. The molecule has 2 atom stereocenters. The summed E-state index contributed by atoms with van der Waals surface area (Å²) in [7, 11) is 0. The van der Waals surface area contributed by atoms with Gasteiger partial charge < -0.3 is 20.5 Å². The van der Waals surface area contributed by atoms with Crippen molar-refractivity contribution < 1.29 is 31.8 Å². The van der Waals surface area contributed by atoms with E-state index in [1.54, 1.807) is 0 Å². The standard InChI is InChI=1S/C19H18F4N2O3.ClH/c20-14-9-11(25-18(26)17-8-6-12(10-24)27-17)5-7-16(14)28-15-4-2-1-3-13(15)19(21,22)23;/h1-5,7,9,12,17H,6,8,10,24H2,(H,25,26);1H/t12-,17+;/m1./s1. The number of nitrogens with two attached hydrogens (primary N) is 1. The van der Waals surface area contributed by atoms with Crippen molar-refractivity contribution in [2.24, 2.45) is 5.73 Å². The highest BCUT2D eigenvalue weighted by molar-refractivity contribution is 5.94. The molecule has 1 heterocycles. The van der Waals surface area contributed by atoms with Gasteiger partial charge in [-0.25, -0.2) is 4.39 Å². The first-order valence-electron chi connectivity index (χ1n) is 8.58. The zero-order chi connectivity index (χ0) is 20.3. The van der Waals surface area contributed by atoms with Gasteiger partial charge in [-0.05, 0) is 37.1 Å². The number of amides is 1. The largest absolute Gasteiger partial charge is 0.454 e. The van der Waals surface area contributed by atoms with Crippen molar-refractivity contribution in [3.05, 3.63) is 53.8 Å². The van der Waals surface area contributed by atoms with Crippen molar-refractivity contribution in [2.75, 3.05) is 11.9 Å². The predicted octanol–water partition coefficient (Wildman–Crippen LogP) is 4.50. The Morgan fingerprint density at radius 1 is 1.17 bits per heavy atom. The minimum atomic E-state index is -4.64. The number of anilines is 1. The normalized spacial score (nSPS) is 18.8. The van der Waals surface area contributed by atoms with E-state index in [0.717, 1.165) is 24.3 Å². The van der Waals surface area contributed by atoms with Crippen molar-refractivity contribution in [3.8, 4) is 11.5 Å². The highest BCUT2D eigenvalue weighted by Crippen LogP contribution is 2.38. The average Bonchev–Trinajstić information content (AvgIpc) is 3.13. The molecular weight excluding hydrogens is 416 g/mol. The van der Waals surface area contributed by atoms with Gasteiger partial charge >= 0.3 is 6.18 Å². The summed E-state index contributed by atoms with van der Waals surface area (Å²) in [6, 6.07) is 7.97. The van der Waals surface area contributed by atoms with Crippen LogP contribution in [0.3, 0.4) is 0 Å². The molecule has 0 spiro atoms. The number of halogens is 5. The van der Waals surface area contributed by atoms with E-state index in [2.05, 4.69) is 5.32 Å². The molecule has 1 fully saturated rings.